The summed E-state index contributed by atoms with van der Waals surface area (Å²) in [6, 6.07) is 12.2. The van der Waals surface area contributed by atoms with E-state index in [9.17, 15) is 9.90 Å². The van der Waals surface area contributed by atoms with Crippen LogP contribution in [0.2, 0.25) is 10.0 Å². The molecule has 0 bridgehead atoms. The predicted molar refractivity (Wildman–Crippen MR) is 83.5 cm³/mol. The molecule has 3 nitrogen and oxygen atoms in total. The van der Waals surface area contributed by atoms with Crippen molar-refractivity contribution in [3.8, 4) is 5.75 Å². The van der Waals surface area contributed by atoms with Gasteiger partial charge in [0, 0.05) is 10.0 Å². The van der Waals surface area contributed by atoms with Crippen LogP contribution in [0, 0.1) is 0 Å². The molecule has 0 fully saturated rings. The van der Waals surface area contributed by atoms with Crippen molar-refractivity contribution in [2.24, 2.45) is 0 Å². The summed E-state index contributed by atoms with van der Waals surface area (Å²) in [5, 5.41) is 10.3. The second-order valence-corrected chi connectivity index (χ2v) is 5.45. The molecular formula is C16H14Cl2O3. The summed E-state index contributed by atoms with van der Waals surface area (Å²) in [6.07, 6.45) is 0.348. The van der Waals surface area contributed by atoms with Gasteiger partial charge in [-0.15, -0.1) is 0 Å². The summed E-state index contributed by atoms with van der Waals surface area (Å²) in [7, 11) is 1.59. The lowest BCUT2D eigenvalue weighted by Crippen LogP contribution is -2.15. The van der Waals surface area contributed by atoms with Crippen molar-refractivity contribution in [1.29, 1.82) is 0 Å². The Morgan fingerprint density at radius 1 is 1.19 bits per heavy atom. The highest BCUT2D eigenvalue weighted by molar-refractivity contribution is 6.35. The van der Waals surface area contributed by atoms with Crippen molar-refractivity contribution in [3.05, 3.63) is 63.6 Å². The summed E-state index contributed by atoms with van der Waals surface area (Å²) in [5.41, 5.74) is 1.46. The lowest BCUT2D eigenvalue weighted by molar-refractivity contribution is -0.138. The number of aliphatic carboxylic acids is 1. The zero-order valence-electron chi connectivity index (χ0n) is 11.3. The van der Waals surface area contributed by atoms with Crippen LogP contribution in [0.3, 0.4) is 0 Å². The van der Waals surface area contributed by atoms with E-state index < -0.39 is 11.9 Å². The van der Waals surface area contributed by atoms with Gasteiger partial charge in [0.05, 0.1) is 13.0 Å². The molecule has 0 aliphatic rings. The zero-order valence-corrected chi connectivity index (χ0v) is 12.9. The van der Waals surface area contributed by atoms with E-state index in [1.807, 2.05) is 12.1 Å². The molecule has 0 heterocycles. The molecule has 1 atom stereocenters. The minimum atomic E-state index is -0.921. The van der Waals surface area contributed by atoms with Gasteiger partial charge in [-0.3, -0.25) is 4.79 Å². The maximum absolute atomic E-state index is 11.5. The Bertz CT molecular complexity index is 638. The SMILES string of the molecule is COc1ccc(CC(C(=O)O)c2ccc(Cl)cc2Cl)cc1. The van der Waals surface area contributed by atoms with Gasteiger partial charge in [0.2, 0.25) is 0 Å². The third kappa shape index (κ3) is 3.90. The van der Waals surface area contributed by atoms with E-state index in [-0.39, 0.29) is 0 Å². The van der Waals surface area contributed by atoms with E-state index in [0.29, 0.717) is 22.0 Å². The second kappa shape index (κ2) is 6.83. The molecule has 0 amide bonds. The molecule has 1 unspecified atom stereocenters. The van der Waals surface area contributed by atoms with Gasteiger partial charge in [-0.2, -0.15) is 0 Å². The minimum Gasteiger partial charge on any atom is -0.497 e. The van der Waals surface area contributed by atoms with Crippen LogP contribution in [0.4, 0.5) is 0 Å². The van der Waals surface area contributed by atoms with Crippen LogP contribution in [0.1, 0.15) is 17.0 Å². The van der Waals surface area contributed by atoms with Crippen LogP contribution in [-0.2, 0) is 11.2 Å². The molecule has 1 N–H and O–H groups in total. The largest absolute Gasteiger partial charge is 0.497 e. The first kappa shape index (κ1) is 15.7. The molecule has 2 rings (SSSR count). The van der Waals surface area contributed by atoms with Gasteiger partial charge < -0.3 is 9.84 Å². The van der Waals surface area contributed by atoms with Crippen LogP contribution in [0.15, 0.2) is 42.5 Å². The third-order valence-electron chi connectivity index (χ3n) is 3.23. The molecular weight excluding hydrogens is 311 g/mol. The predicted octanol–water partition coefficient (Wildman–Crippen LogP) is 4.41. The minimum absolute atomic E-state index is 0.348. The van der Waals surface area contributed by atoms with Crippen molar-refractivity contribution in [2.75, 3.05) is 7.11 Å². The van der Waals surface area contributed by atoms with Crippen LogP contribution < -0.4 is 4.74 Å². The molecule has 0 saturated carbocycles. The molecule has 0 aliphatic heterocycles. The Hall–Kier alpha value is -1.71. The fourth-order valence-corrected chi connectivity index (χ4v) is 2.65. The third-order valence-corrected chi connectivity index (χ3v) is 3.80. The van der Waals surface area contributed by atoms with Crippen LogP contribution in [0.5, 0.6) is 5.75 Å². The standard InChI is InChI=1S/C16H14Cl2O3/c1-21-12-5-2-10(3-6-12)8-14(16(19)20)13-7-4-11(17)9-15(13)18/h2-7,9,14H,8H2,1H3,(H,19,20). The van der Waals surface area contributed by atoms with Crippen molar-refractivity contribution >= 4 is 29.2 Å². The first-order valence-corrected chi connectivity index (χ1v) is 7.07. The molecule has 0 spiro atoms. The van der Waals surface area contributed by atoms with Crippen LogP contribution in [0.25, 0.3) is 0 Å². The molecule has 0 aromatic heterocycles. The van der Waals surface area contributed by atoms with Gasteiger partial charge in [0.1, 0.15) is 5.75 Å². The normalized spacial score (nSPS) is 12.0. The van der Waals surface area contributed by atoms with Gasteiger partial charge in [0.25, 0.3) is 0 Å². The molecule has 5 heteroatoms. The number of ether oxygens (including phenoxy) is 1. The Balaban J connectivity index is 2.28. The molecule has 110 valence electrons. The summed E-state index contributed by atoms with van der Waals surface area (Å²) < 4.78 is 5.09. The molecule has 2 aromatic rings. The summed E-state index contributed by atoms with van der Waals surface area (Å²) in [5.74, 6) is -0.909. The number of carboxylic acids is 1. The highest BCUT2D eigenvalue weighted by Gasteiger charge is 2.23. The van der Waals surface area contributed by atoms with Gasteiger partial charge in [-0.1, -0.05) is 41.4 Å². The molecule has 2 aromatic carbocycles. The first-order valence-electron chi connectivity index (χ1n) is 6.32. The fourth-order valence-electron chi connectivity index (χ4n) is 2.11. The topological polar surface area (TPSA) is 46.5 Å². The number of halogens is 2. The van der Waals surface area contributed by atoms with Gasteiger partial charge in [0.15, 0.2) is 0 Å². The first-order chi connectivity index (χ1) is 10.0. The van der Waals surface area contributed by atoms with Crippen molar-refractivity contribution in [1.82, 2.24) is 0 Å². The quantitative estimate of drug-likeness (QED) is 0.885. The molecule has 0 saturated heterocycles. The molecule has 21 heavy (non-hydrogen) atoms. The smallest absolute Gasteiger partial charge is 0.311 e. The van der Waals surface area contributed by atoms with Crippen molar-refractivity contribution in [3.63, 3.8) is 0 Å². The van der Waals surface area contributed by atoms with E-state index in [2.05, 4.69) is 0 Å². The molecule has 0 aliphatic carbocycles. The number of rotatable bonds is 5. The van der Waals surface area contributed by atoms with Gasteiger partial charge in [-0.05, 0) is 41.8 Å². The van der Waals surface area contributed by atoms with E-state index in [1.165, 1.54) is 0 Å². The number of hydrogen-bond acceptors (Lipinski definition) is 2. The maximum Gasteiger partial charge on any atom is 0.311 e. The van der Waals surface area contributed by atoms with Gasteiger partial charge >= 0.3 is 5.97 Å². The highest BCUT2D eigenvalue weighted by atomic mass is 35.5. The number of carboxylic acid groups (broad SMARTS) is 1. The monoisotopic (exact) mass is 324 g/mol. The van der Waals surface area contributed by atoms with Gasteiger partial charge in [-0.25, -0.2) is 0 Å². The summed E-state index contributed by atoms with van der Waals surface area (Å²) in [4.78, 5) is 11.5. The van der Waals surface area contributed by atoms with Crippen LogP contribution >= 0.6 is 23.2 Å². The van der Waals surface area contributed by atoms with E-state index in [0.717, 1.165) is 11.3 Å². The number of hydrogen-bond donors (Lipinski definition) is 1. The Kier molecular flexibility index (Phi) is 5.10. The fraction of sp³-hybridized carbons (Fsp3) is 0.188. The van der Waals surface area contributed by atoms with E-state index in [1.54, 1.807) is 37.4 Å². The highest BCUT2D eigenvalue weighted by Crippen LogP contribution is 2.30. The lowest BCUT2D eigenvalue weighted by atomic mass is 9.92. The average molecular weight is 325 g/mol. The van der Waals surface area contributed by atoms with E-state index >= 15 is 0 Å². The number of carbonyl (C=O) groups is 1. The number of benzene rings is 2. The average Bonchev–Trinajstić information content (AvgIpc) is 2.46. The van der Waals surface area contributed by atoms with Crippen LogP contribution in [-0.4, -0.2) is 18.2 Å². The summed E-state index contributed by atoms with van der Waals surface area (Å²) in [6.45, 7) is 0. The van der Waals surface area contributed by atoms with E-state index in [4.69, 9.17) is 27.9 Å². The van der Waals surface area contributed by atoms with Crippen molar-refractivity contribution < 1.29 is 14.6 Å². The maximum atomic E-state index is 11.5. The Labute approximate surface area is 133 Å². The summed E-state index contributed by atoms with van der Waals surface area (Å²) >= 11 is 12.0. The second-order valence-electron chi connectivity index (χ2n) is 4.61. The Morgan fingerprint density at radius 2 is 1.86 bits per heavy atom. The number of methoxy groups -OCH3 is 1. The van der Waals surface area contributed by atoms with Crippen molar-refractivity contribution in [2.45, 2.75) is 12.3 Å². The molecule has 0 radical (unpaired) electrons. The Morgan fingerprint density at radius 3 is 2.38 bits per heavy atom. The lowest BCUT2D eigenvalue weighted by Gasteiger charge is -2.15. The zero-order chi connectivity index (χ0) is 15.4.